The number of rotatable bonds is 2. The fourth-order valence-corrected chi connectivity index (χ4v) is 3.95. The number of para-hydroxylation sites is 1. The molecule has 0 radical (unpaired) electrons. The number of hydrogen-bond acceptors (Lipinski definition) is 4. The summed E-state index contributed by atoms with van der Waals surface area (Å²) in [6, 6.07) is 7.41. The number of carbonyl (C=O) groups is 2. The van der Waals surface area contributed by atoms with E-state index in [0.29, 0.717) is 39.3 Å². The van der Waals surface area contributed by atoms with Crippen LogP contribution in [-0.2, 0) is 20.7 Å². The van der Waals surface area contributed by atoms with E-state index < -0.39 is 6.10 Å². The molecule has 3 heterocycles. The number of nitrogens with zero attached hydrogens (tertiary/aromatic N) is 2. The van der Waals surface area contributed by atoms with Gasteiger partial charge in [-0.05, 0) is 30.9 Å². The SMILES string of the molecule is O=C([C@H]1CCCCN1C(=O)[C@@H]1Cc2ccccc2O1)N1CCOCC1. The maximum absolute atomic E-state index is 13.1. The Morgan fingerprint density at radius 3 is 2.60 bits per heavy atom. The Bertz CT molecular complexity index is 632. The monoisotopic (exact) mass is 344 g/mol. The second-order valence-corrected chi connectivity index (χ2v) is 6.90. The number of morpholine rings is 1. The summed E-state index contributed by atoms with van der Waals surface area (Å²) in [5.41, 5.74) is 1.06. The fraction of sp³-hybridized carbons (Fsp3) is 0.579. The minimum atomic E-state index is -0.504. The molecule has 4 rings (SSSR count). The van der Waals surface area contributed by atoms with Crippen molar-refractivity contribution in [2.24, 2.45) is 0 Å². The Hall–Kier alpha value is -2.08. The molecule has 1 aromatic carbocycles. The highest BCUT2D eigenvalue weighted by Gasteiger charge is 2.40. The summed E-state index contributed by atoms with van der Waals surface area (Å²) in [6.45, 7) is 3.02. The molecule has 2 fully saturated rings. The van der Waals surface area contributed by atoms with E-state index in [4.69, 9.17) is 9.47 Å². The van der Waals surface area contributed by atoms with E-state index in [1.807, 2.05) is 29.2 Å². The molecular weight excluding hydrogens is 320 g/mol. The first-order chi connectivity index (χ1) is 12.2. The van der Waals surface area contributed by atoms with Gasteiger partial charge in [0.25, 0.3) is 5.91 Å². The van der Waals surface area contributed by atoms with Gasteiger partial charge in [-0.3, -0.25) is 9.59 Å². The summed E-state index contributed by atoms with van der Waals surface area (Å²) < 4.78 is 11.2. The summed E-state index contributed by atoms with van der Waals surface area (Å²) in [4.78, 5) is 29.6. The summed E-state index contributed by atoms with van der Waals surface area (Å²) in [6.07, 6.45) is 2.75. The van der Waals surface area contributed by atoms with E-state index in [1.165, 1.54) is 0 Å². The number of ether oxygens (including phenoxy) is 2. The molecule has 3 aliphatic heterocycles. The molecule has 0 N–H and O–H groups in total. The lowest BCUT2D eigenvalue weighted by Gasteiger charge is -2.39. The van der Waals surface area contributed by atoms with E-state index >= 15 is 0 Å². The Kier molecular flexibility index (Phi) is 4.61. The molecule has 3 aliphatic rings. The standard InChI is InChI=1S/C19H24N2O4/c22-18(20-9-11-24-12-10-20)15-6-3-4-8-21(15)19(23)17-13-14-5-1-2-7-16(14)25-17/h1-2,5,7,15,17H,3-4,6,8-13H2/t15-,17+/m1/s1. The molecule has 2 saturated heterocycles. The number of benzene rings is 1. The van der Waals surface area contributed by atoms with Crippen LogP contribution in [0.15, 0.2) is 24.3 Å². The second-order valence-electron chi connectivity index (χ2n) is 6.90. The minimum absolute atomic E-state index is 0.0532. The van der Waals surface area contributed by atoms with Crippen LogP contribution in [0.4, 0.5) is 0 Å². The summed E-state index contributed by atoms with van der Waals surface area (Å²) in [5.74, 6) is 0.795. The maximum Gasteiger partial charge on any atom is 0.264 e. The largest absolute Gasteiger partial charge is 0.480 e. The summed E-state index contributed by atoms with van der Waals surface area (Å²) in [7, 11) is 0. The van der Waals surface area contributed by atoms with E-state index in [2.05, 4.69) is 0 Å². The predicted molar refractivity (Wildman–Crippen MR) is 91.3 cm³/mol. The van der Waals surface area contributed by atoms with E-state index in [9.17, 15) is 9.59 Å². The Morgan fingerprint density at radius 2 is 1.80 bits per heavy atom. The number of carbonyl (C=O) groups excluding carboxylic acids is 2. The van der Waals surface area contributed by atoms with Crippen molar-refractivity contribution < 1.29 is 19.1 Å². The van der Waals surface area contributed by atoms with Crippen molar-refractivity contribution in [3.8, 4) is 5.75 Å². The average Bonchev–Trinajstić information content (AvgIpc) is 3.12. The van der Waals surface area contributed by atoms with E-state index in [1.54, 1.807) is 4.90 Å². The first kappa shape index (κ1) is 16.4. The Morgan fingerprint density at radius 1 is 1.00 bits per heavy atom. The predicted octanol–water partition coefficient (Wildman–Crippen LogP) is 1.23. The zero-order valence-corrected chi connectivity index (χ0v) is 14.4. The molecule has 0 unspecified atom stereocenters. The van der Waals surface area contributed by atoms with Crippen LogP contribution < -0.4 is 4.74 Å². The lowest BCUT2D eigenvalue weighted by Crippen LogP contribution is -2.57. The smallest absolute Gasteiger partial charge is 0.264 e. The van der Waals surface area contributed by atoms with Crippen molar-refractivity contribution in [1.82, 2.24) is 9.80 Å². The van der Waals surface area contributed by atoms with E-state index in [0.717, 1.165) is 30.6 Å². The molecular formula is C19H24N2O4. The van der Waals surface area contributed by atoms with Crippen molar-refractivity contribution in [1.29, 1.82) is 0 Å². The number of likely N-dealkylation sites (tertiary alicyclic amines) is 1. The van der Waals surface area contributed by atoms with Gasteiger partial charge in [0.1, 0.15) is 11.8 Å². The molecule has 0 aliphatic carbocycles. The van der Waals surface area contributed by atoms with Gasteiger partial charge in [0.2, 0.25) is 5.91 Å². The molecule has 2 amide bonds. The molecule has 2 atom stereocenters. The van der Waals surface area contributed by atoms with Crippen LogP contribution in [0.3, 0.4) is 0 Å². The summed E-state index contributed by atoms with van der Waals surface area (Å²) >= 11 is 0. The van der Waals surface area contributed by atoms with Gasteiger partial charge >= 0.3 is 0 Å². The van der Waals surface area contributed by atoms with Crippen LogP contribution in [0.5, 0.6) is 5.75 Å². The van der Waals surface area contributed by atoms with Gasteiger partial charge < -0.3 is 19.3 Å². The molecule has 0 saturated carbocycles. The van der Waals surface area contributed by atoms with Gasteiger partial charge in [-0.25, -0.2) is 0 Å². The van der Waals surface area contributed by atoms with Gasteiger partial charge in [-0.1, -0.05) is 18.2 Å². The third-order valence-electron chi connectivity index (χ3n) is 5.32. The molecule has 134 valence electrons. The number of piperidine rings is 1. The van der Waals surface area contributed by atoms with Gasteiger partial charge in [0.15, 0.2) is 6.10 Å². The highest BCUT2D eigenvalue weighted by atomic mass is 16.5. The van der Waals surface area contributed by atoms with Gasteiger partial charge in [0.05, 0.1) is 13.2 Å². The van der Waals surface area contributed by atoms with Gasteiger partial charge in [0, 0.05) is 26.1 Å². The quantitative estimate of drug-likeness (QED) is 0.810. The third kappa shape index (κ3) is 3.23. The van der Waals surface area contributed by atoms with Crippen LogP contribution in [0, 0.1) is 0 Å². The molecule has 25 heavy (non-hydrogen) atoms. The summed E-state index contributed by atoms with van der Waals surface area (Å²) in [5, 5.41) is 0. The highest BCUT2D eigenvalue weighted by molar-refractivity contribution is 5.90. The molecule has 1 aromatic rings. The minimum Gasteiger partial charge on any atom is -0.480 e. The third-order valence-corrected chi connectivity index (χ3v) is 5.32. The van der Waals surface area contributed by atoms with Crippen molar-refractivity contribution in [2.75, 3.05) is 32.8 Å². The van der Waals surface area contributed by atoms with Crippen LogP contribution in [0.2, 0.25) is 0 Å². The van der Waals surface area contributed by atoms with Crippen LogP contribution in [0.25, 0.3) is 0 Å². The van der Waals surface area contributed by atoms with E-state index in [-0.39, 0.29) is 17.9 Å². The van der Waals surface area contributed by atoms with Crippen molar-refractivity contribution in [3.63, 3.8) is 0 Å². The lowest BCUT2D eigenvalue weighted by molar-refractivity contribution is -0.153. The average molecular weight is 344 g/mol. The Labute approximate surface area is 147 Å². The molecule has 0 bridgehead atoms. The normalized spacial score (nSPS) is 26.1. The maximum atomic E-state index is 13.1. The lowest BCUT2D eigenvalue weighted by atomic mass is 9.99. The highest BCUT2D eigenvalue weighted by Crippen LogP contribution is 2.30. The van der Waals surface area contributed by atoms with Crippen molar-refractivity contribution in [2.45, 2.75) is 37.8 Å². The van der Waals surface area contributed by atoms with Gasteiger partial charge in [-0.2, -0.15) is 0 Å². The topological polar surface area (TPSA) is 59.1 Å². The van der Waals surface area contributed by atoms with Crippen LogP contribution in [-0.4, -0.2) is 66.6 Å². The zero-order chi connectivity index (χ0) is 17.2. The first-order valence-electron chi connectivity index (χ1n) is 9.15. The number of amides is 2. The molecule has 6 nitrogen and oxygen atoms in total. The van der Waals surface area contributed by atoms with Crippen LogP contribution in [0.1, 0.15) is 24.8 Å². The Balaban J connectivity index is 1.47. The second kappa shape index (κ2) is 7.04. The number of fused-ring (bicyclic) bond motifs is 1. The van der Waals surface area contributed by atoms with Gasteiger partial charge in [-0.15, -0.1) is 0 Å². The molecule has 6 heteroatoms. The van der Waals surface area contributed by atoms with Crippen molar-refractivity contribution in [3.05, 3.63) is 29.8 Å². The zero-order valence-electron chi connectivity index (χ0n) is 14.4. The molecule has 0 aromatic heterocycles. The number of hydrogen-bond donors (Lipinski definition) is 0. The first-order valence-corrected chi connectivity index (χ1v) is 9.15. The van der Waals surface area contributed by atoms with Crippen LogP contribution >= 0.6 is 0 Å². The fourth-order valence-electron chi connectivity index (χ4n) is 3.95. The van der Waals surface area contributed by atoms with Crippen molar-refractivity contribution >= 4 is 11.8 Å². The molecule has 0 spiro atoms.